The number of benzene rings is 2. The second kappa shape index (κ2) is 12.7. The van der Waals surface area contributed by atoms with Gasteiger partial charge in [0.2, 0.25) is 21.8 Å². The van der Waals surface area contributed by atoms with Crippen LogP contribution >= 0.6 is 15.9 Å². The van der Waals surface area contributed by atoms with Crippen molar-refractivity contribution >= 4 is 43.5 Å². The van der Waals surface area contributed by atoms with Crippen molar-refractivity contribution < 1.29 is 18.0 Å². The van der Waals surface area contributed by atoms with Crippen molar-refractivity contribution in [3.63, 3.8) is 0 Å². The Balaban J connectivity index is 2.35. The molecule has 0 aromatic heterocycles. The van der Waals surface area contributed by atoms with Gasteiger partial charge in [-0.1, -0.05) is 66.5 Å². The largest absolute Gasteiger partial charge is 0.354 e. The van der Waals surface area contributed by atoms with Gasteiger partial charge in [0.05, 0.1) is 11.9 Å². The minimum absolute atomic E-state index is 0.206. The Morgan fingerprint density at radius 3 is 2.21 bits per heavy atom. The standard InChI is InChI=1S/C24H32BrN3O4S/c1-4-6-16-26-24(30)22(5-2)27(17-19-10-8-7-9-11-19)23(29)18-28(33(3,31)32)21-14-12-20(25)13-15-21/h7-15,22H,4-6,16-18H2,1-3H3,(H,26,30)/t22-/m1/s1. The summed E-state index contributed by atoms with van der Waals surface area (Å²) in [5.74, 6) is -0.672. The maximum absolute atomic E-state index is 13.5. The number of carbonyl (C=O) groups excluding carboxylic acids is 2. The molecule has 0 spiro atoms. The van der Waals surface area contributed by atoms with Gasteiger partial charge in [0.25, 0.3) is 0 Å². The Bertz CT molecular complexity index is 1010. The first-order chi connectivity index (χ1) is 15.7. The van der Waals surface area contributed by atoms with Crippen LogP contribution in [0.25, 0.3) is 0 Å². The first-order valence-electron chi connectivity index (χ1n) is 11.0. The van der Waals surface area contributed by atoms with Crippen molar-refractivity contribution in [2.45, 2.75) is 45.7 Å². The van der Waals surface area contributed by atoms with E-state index in [0.29, 0.717) is 18.7 Å². The molecule has 0 aliphatic heterocycles. The summed E-state index contributed by atoms with van der Waals surface area (Å²) in [5.41, 5.74) is 1.24. The molecule has 0 saturated heterocycles. The van der Waals surface area contributed by atoms with E-state index in [1.807, 2.05) is 44.2 Å². The number of anilines is 1. The van der Waals surface area contributed by atoms with Crippen LogP contribution in [0.15, 0.2) is 59.1 Å². The average molecular weight is 539 g/mol. The van der Waals surface area contributed by atoms with Crippen molar-refractivity contribution in [2.75, 3.05) is 23.7 Å². The smallest absolute Gasteiger partial charge is 0.244 e. The van der Waals surface area contributed by atoms with Crippen LogP contribution in [-0.2, 0) is 26.2 Å². The van der Waals surface area contributed by atoms with Crippen LogP contribution in [0.2, 0.25) is 0 Å². The molecule has 0 heterocycles. The van der Waals surface area contributed by atoms with Gasteiger partial charge in [0, 0.05) is 17.6 Å². The normalized spacial score (nSPS) is 12.1. The van der Waals surface area contributed by atoms with Gasteiger partial charge in [-0.2, -0.15) is 0 Å². The molecule has 0 bridgehead atoms. The van der Waals surface area contributed by atoms with Gasteiger partial charge in [0.1, 0.15) is 12.6 Å². The van der Waals surface area contributed by atoms with Gasteiger partial charge < -0.3 is 10.2 Å². The summed E-state index contributed by atoms with van der Waals surface area (Å²) in [7, 11) is -3.73. The van der Waals surface area contributed by atoms with Crippen LogP contribution in [0.3, 0.4) is 0 Å². The zero-order valence-electron chi connectivity index (χ0n) is 19.3. The highest BCUT2D eigenvalue weighted by Crippen LogP contribution is 2.22. The minimum Gasteiger partial charge on any atom is -0.354 e. The van der Waals surface area contributed by atoms with Crippen molar-refractivity contribution in [2.24, 2.45) is 0 Å². The van der Waals surface area contributed by atoms with Crippen LogP contribution in [-0.4, -0.2) is 50.5 Å². The molecule has 2 amide bonds. The molecule has 2 rings (SSSR count). The van der Waals surface area contributed by atoms with E-state index in [0.717, 1.165) is 33.4 Å². The van der Waals surface area contributed by atoms with Gasteiger partial charge >= 0.3 is 0 Å². The first kappa shape index (κ1) is 26.9. The highest BCUT2D eigenvalue weighted by Gasteiger charge is 2.31. The van der Waals surface area contributed by atoms with E-state index in [2.05, 4.69) is 21.2 Å². The lowest BCUT2D eigenvalue weighted by Crippen LogP contribution is -2.52. The van der Waals surface area contributed by atoms with Crippen molar-refractivity contribution in [3.8, 4) is 0 Å². The molecule has 0 aliphatic carbocycles. The summed E-state index contributed by atoms with van der Waals surface area (Å²) >= 11 is 3.34. The minimum atomic E-state index is -3.73. The number of nitrogens with zero attached hydrogens (tertiary/aromatic N) is 2. The topological polar surface area (TPSA) is 86.8 Å². The summed E-state index contributed by atoms with van der Waals surface area (Å²) in [6.07, 6.45) is 3.27. The lowest BCUT2D eigenvalue weighted by Gasteiger charge is -2.33. The zero-order chi connectivity index (χ0) is 24.4. The third kappa shape index (κ3) is 8.16. The van der Waals surface area contributed by atoms with Crippen LogP contribution in [0.1, 0.15) is 38.7 Å². The molecule has 7 nitrogen and oxygen atoms in total. The highest BCUT2D eigenvalue weighted by atomic mass is 79.9. The number of nitrogens with one attached hydrogen (secondary N) is 1. The number of unbranched alkanes of at least 4 members (excludes halogenated alkanes) is 1. The third-order valence-corrected chi connectivity index (χ3v) is 6.87. The number of halogens is 1. The number of amides is 2. The van der Waals surface area contributed by atoms with Crippen molar-refractivity contribution in [3.05, 3.63) is 64.6 Å². The molecule has 0 unspecified atom stereocenters. The predicted octanol–water partition coefficient (Wildman–Crippen LogP) is 3.94. The molecule has 2 aromatic carbocycles. The molecule has 9 heteroatoms. The van der Waals surface area contributed by atoms with Gasteiger partial charge in [-0.25, -0.2) is 8.42 Å². The maximum atomic E-state index is 13.5. The number of hydrogen-bond acceptors (Lipinski definition) is 4. The quantitative estimate of drug-likeness (QED) is 0.415. The van der Waals surface area contributed by atoms with Crippen LogP contribution in [0, 0.1) is 0 Å². The Labute approximate surface area is 205 Å². The molecule has 1 N–H and O–H groups in total. The summed E-state index contributed by atoms with van der Waals surface area (Å²) < 4.78 is 27.0. The van der Waals surface area contributed by atoms with Gasteiger partial charge in [-0.05, 0) is 42.7 Å². The van der Waals surface area contributed by atoms with Crippen molar-refractivity contribution in [1.82, 2.24) is 10.2 Å². The zero-order valence-corrected chi connectivity index (χ0v) is 21.7. The second-order valence-electron chi connectivity index (χ2n) is 7.82. The number of sulfonamides is 1. The molecule has 0 radical (unpaired) electrons. The fraction of sp³-hybridized carbons (Fsp3) is 0.417. The molecule has 0 saturated carbocycles. The molecule has 1 atom stereocenters. The molecule has 0 aliphatic rings. The van der Waals surface area contributed by atoms with E-state index in [4.69, 9.17) is 0 Å². The van der Waals surface area contributed by atoms with E-state index in [1.54, 1.807) is 24.3 Å². The lowest BCUT2D eigenvalue weighted by atomic mass is 10.1. The number of hydrogen-bond donors (Lipinski definition) is 1. The maximum Gasteiger partial charge on any atom is 0.244 e. The fourth-order valence-corrected chi connectivity index (χ4v) is 4.54. The summed E-state index contributed by atoms with van der Waals surface area (Å²) in [5, 5.41) is 2.91. The van der Waals surface area contributed by atoms with E-state index in [-0.39, 0.29) is 12.5 Å². The molecular formula is C24H32BrN3O4S. The fourth-order valence-electron chi connectivity index (χ4n) is 3.43. The van der Waals surface area contributed by atoms with Crippen molar-refractivity contribution in [1.29, 1.82) is 0 Å². The monoisotopic (exact) mass is 537 g/mol. The highest BCUT2D eigenvalue weighted by molar-refractivity contribution is 9.10. The summed E-state index contributed by atoms with van der Waals surface area (Å²) in [6.45, 7) is 4.23. The molecule has 33 heavy (non-hydrogen) atoms. The van der Waals surface area contributed by atoms with E-state index >= 15 is 0 Å². The summed E-state index contributed by atoms with van der Waals surface area (Å²) in [6, 6.07) is 15.4. The average Bonchev–Trinajstić information content (AvgIpc) is 2.78. The molecule has 180 valence electrons. The Morgan fingerprint density at radius 2 is 1.67 bits per heavy atom. The van der Waals surface area contributed by atoms with E-state index in [9.17, 15) is 18.0 Å². The van der Waals surface area contributed by atoms with Crippen LogP contribution in [0.4, 0.5) is 5.69 Å². The second-order valence-corrected chi connectivity index (χ2v) is 10.6. The first-order valence-corrected chi connectivity index (χ1v) is 13.7. The Hall–Kier alpha value is -2.39. The Kier molecular flexibility index (Phi) is 10.4. The lowest BCUT2D eigenvalue weighted by molar-refractivity contribution is -0.140. The summed E-state index contributed by atoms with van der Waals surface area (Å²) in [4.78, 5) is 27.9. The van der Waals surface area contributed by atoms with E-state index < -0.39 is 28.5 Å². The van der Waals surface area contributed by atoms with Gasteiger partial charge in [-0.3, -0.25) is 13.9 Å². The van der Waals surface area contributed by atoms with Gasteiger partial charge in [-0.15, -0.1) is 0 Å². The predicted molar refractivity (Wildman–Crippen MR) is 135 cm³/mol. The number of rotatable bonds is 12. The Morgan fingerprint density at radius 1 is 1.03 bits per heavy atom. The van der Waals surface area contributed by atoms with E-state index in [1.165, 1.54) is 4.90 Å². The number of carbonyl (C=O) groups is 2. The molecule has 2 aromatic rings. The van der Waals surface area contributed by atoms with Crippen LogP contribution < -0.4 is 9.62 Å². The molecular weight excluding hydrogens is 506 g/mol. The van der Waals surface area contributed by atoms with Crippen LogP contribution in [0.5, 0.6) is 0 Å². The molecule has 0 fully saturated rings. The third-order valence-electron chi connectivity index (χ3n) is 5.21. The van der Waals surface area contributed by atoms with Gasteiger partial charge in [0.15, 0.2) is 0 Å². The SMILES string of the molecule is CCCCNC(=O)[C@@H](CC)N(Cc1ccccc1)C(=O)CN(c1ccc(Br)cc1)S(C)(=O)=O.